The molecule has 0 aliphatic carbocycles. The fourth-order valence-electron chi connectivity index (χ4n) is 0. The average molecular weight is 314 g/mol. The van der Waals surface area contributed by atoms with E-state index in [-0.39, 0.29) is 38.0 Å². The maximum absolute atomic E-state index is 4.70. The molecule has 0 saturated heterocycles. The Morgan fingerprint density at radius 3 is 0.846 bits per heavy atom. The molecule has 96 valence electrons. The molecule has 0 aliphatic heterocycles. The maximum atomic E-state index is 4.70. The van der Waals surface area contributed by atoms with Gasteiger partial charge in [0.25, 0.3) is 0 Å². The monoisotopic (exact) mass is 312 g/mol. The van der Waals surface area contributed by atoms with Crippen LogP contribution in [0.4, 0.5) is 0 Å². The van der Waals surface area contributed by atoms with Crippen LogP contribution < -0.4 is 11.5 Å². The second-order valence-corrected chi connectivity index (χ2v) is 2.55. The Hall–Kier alpha value is 0.524. The molecule has 0 unspecified atom stereocenters. The summed E-state index contributed by atoms with van der Waals surface area (Å²) in [5.74, 6) is 0. The molecule has 0 spiro atoms. The van der Waals surface area contributed by atoms with Gasteiger partial charge in [-0.05, 0) is 12.2 Å². The van der Waals surface area contributed by atoms with Gasteiger partial charge in [0.05, 0.1) is 0 Å². The molecule has 0 aromatic rings. The third-order valence-electron chi connectivity index (χ3n) is 0. The molecule has 16 N–H and O–H groups in total. The van der Waals surface area contributed by atoms with Crippen LogP contribution >= 0.6 is 32.6 Å². The Balaban J connectivity index is -0.00000000444. The van der Waals surface area contributed by atoms with Gasteiger partial charge in [0, 0.05) is 0 Å². The van der Waals surface area contributed by atoms with Crippen molar-refractivity contribution in [3.05, 3.63) is 0 Å². The summed E-state index contributed by atoms with van der Waals surface area (Å²) in [4.78, 5) is 0. The van der Waals surface area contributed by atoms with E-state index in [9.17, 15) is 0 Å². The number of hydrogen-bond acceptors (Lipinski definition) is 1. The van der Waals surface area contributed by atoms with Crippen LogP contribution in [0, 0.1) is 0 Å². The van der Waals surface area contributed by atoms with Gasteiger partial charge in [0.15, 0.2) is 5.11 Å². The van der Waals surface area contributed by atoms with E-state index in [0.29, 0.717) is 12.7 Å². The van der Waals surface area contributed by atoms with Gasteiger partial charge in [-0.25, -0.2) is 0 Å². The summed E-state index contributed by atoms with van der Waals surface area (Å²) in [6, 6.07) is 0. The summed E-state index contributed by atoms with van der Waals surface area (Å²) in [5, 5.41) is 0.000000000000000222. The van der Waals surface area contributed by atoms with E-state index in [1.54, 1.807) is 0 Å². The van der Waals surface area contributed by atoms with Crippen molar-refractivity contribution in [2.45, 2.75) is 0 Å². The number of hydrogen-bond donors (Lipinski definition) is 2. The normalized spacial score (nSPS) is 3.54. The standard InChI is InChI=1S/CH4N2S.2ClH.Ni.6H2O/c2-1(3)4;;;;;;;;;/h(H4,2,3,4);2*1H;;6*1H2/q;;;+2;;;;;;/p-2. The third kappa shape index (κ3) is 5060. The average Bonchev–Trinajstić information content (AvgIpc) is 1.33. The van der Waals surface area contributed by atoms with E-state index in [1.165, 1.54) is 0 Å². The van der Waals surface area contributed by atoms with Crippen LogP contribution in [-0.2, 0) is 12.7 Å². The minimum atomic E-state index is 0. The fourth-order valence-corrected chi connectivity index (χ4v) is 0. The molecule has 0 aromatic carbocycles. The van der Waals surface area contributed by atoms with Crippen LogP contribution in [0.5, 0.6) is 0 Å². The van der Waals surface area contributed by atoms with Crippen LogP contribution in [0.25, 0.3) is 0 Å². The van der Waals surface area contributed by atoms with Crippen LogP contribution in [0.1, 0.15) is 0 Å². The molecular formula is CH16Cl2N2NiO6S. The zero-order chi connectivity index (χ0) is 6.28. The zero-order valence-corrected chi connectivity index (χ0v) is 9.45. The van der Waals surface area contributed by atoms with Gasteiger partial charge >= 0.3 is 33.0 Å². The second kappa shape index (κ2) is 81.3. The third-order valence-corrected chi connectivity index (χ3v) is 0. The molecule has 0 heterocycles. The summed E-state index contributed by atoms with van der Waals surface area (Å²) in [5.41, 5.74) is 9.24. The van der Waals surface area contributed by atoms with Crippen molar-refractivity contribution in [3.63, 3.8) is 0 Å². The summed E-state index contributed by atoms with van der Waals surface area (Å²) >= 11 is 4.66. The molecule has 0 radical (unpaired) electrons. The van der Waals surface area contributed by atoms with Crippen molar-refractivity contribution in [2.75, 3.05) is 0 Å². The second-order valence-electron chi connectivity index (χ2n) is 0.448. The van der Waals surface area contributed by atoms with Gasteiger partial charge in [0.1, 0.15) is 0 Å². The summed E-state index contributed by atoms with van der Waals surface area (Å²) in [6.07, 6.45) is 0. The Kier molecular flexibility index (Phi) is 435. The van der Waals surface area contributed by atoms with Gasteiger partial charge in [-0.2, -0.15) is 0 Å². The number of thiocarbonyl (C=S) groups is 1. The first kappa shape index (κ1) is 69.5. The van der Waals surface area contributed by atoms with Gasteiger partial charge in [0.2, 0.25) is 0 Å². The van der Waals surface area contributed by atoms with Crippen molar-refractivity contribution in [1.82, 2.24) is 0 Å². The summed E-state index contributed by atoms with van der Waals surface area (Å²) in [6.45, 7) is 0. The molecule has 0 bridgehead atoms. The molecule has 0 saturated carbocycles. The Morgan fingerprint density at radius 2 is 0.846 bits per heavy atom. The quantitative estimate of drug-likeness (QED) is 0.332. The molecule has 0 aliphatic rings. The van der Waals surface area contributed by atoms with Crippen molar-refractivity contribution in [2.24, 2.45) is 11.5 Å². The molecule has 0 aromatic heterocycles. The van der Waals surface area contributed by atoms with E-state index in [4.69, 9.17) is 20.4 Å². The Labute approximate surface area is 94.8 Å². The van der Waals surface area contributed by atoms with Crippen LogP contribution in [0.15, 0.2) is 0 Å². The number of nitrogens with two attached hydrogens (primary N) is 2. The molecule has 0 fully saturated rings. The van der Waals surface area contributed by atoms with E-state index < -0.39 is 0 Å². The molecule has 0 rings (SSSR count). The van der Waals surface area contributed by atoms with Crippen molar-refractivity contribution in [3.8, 4) is 0 Å². The van der Waals surface area contributed by atoms with Crippen molar-refractivity contribution in [1.29, 1.82) is 0 Å². The predicted octanol–water partition coefficient (Wildman–Crippen LogP) is -4.38. The Bertz CT molecular complexity index is 59.9. The first-order valence-corrected chi connectivity index (χ1v) is 4.15. The van der Waals surface area contributed by atoms with Crippen molar-refractivity contribution < 1.29 is 45.5 Å². The summed E-state index contributed by atoms with van der Waals surface area (Å²) in [7, 11) is 9.40. The number of rotatable bonds is 0. The Morgan fingerprint density at radius 1 is 0.846 bits per heavy atom. The number of halogens is 2. The molecule has 0 atom stereocenters. The molecule has 0 amide bonds. The molecule has 12 heteroatoms. The van der Waals surface area contributed by atoms with Crippen LogP contribution in [0.2, 0.25) is 0 Å². The first-order chi connectivity index (χ1) is 3.15. The van der Waals surface area contributed by atoms with Crippen LogP contribution in [-0.4, -0.2) is 38.0 Å². The SMILES string of the molecule is NC(N)=S.O.O.O.O.O.O.[Cl][Ni][Cl]. The van der Waals surface area contributed by atoms with Gasteiger partial charge < -0.3 is 44.3 Å². The molecule has 8 nitrogen and oxygen atoms in total. The molecule has 13 heavy (non-hydrogen) atoms. The van der Waals surface area contributed by atoms with Gasteiger partial charge in [-0.3, -0.25) is 0 Å². The van der Waals surface area contributed by atoms with Crippen LogP contribution in [0.3, 0.4) is 0 Å². The minimum absolute atomic E-state index is 0. The van der Waals surface area contributed by atoms with Gasteiger partial charge in [-0.15, -0.1) is 0 Å². The van der Waals surface area contributed by atoms with Gasteiger partial charge in [-0.1, -0.05) is 0 Å². The van der Waals surface area contributed by atoms with E-state index in [1.807, 2.05) is 0 Å². The molecular weight excluding hydrogens is 298 g/mol. The van der Waals surface area contributed by atoms with E-state index in [2.05, 4.69) is 23.7 Å². The topological polar surface area (TPSA) is 241 Å². The summed E-state index contributed by atoms with van der Waals surface area (Å²) < 4.78 is 0. The van der Waals surface area contributed by atoms with E-state index in [0.717, 1.165) is 0 Å². The zero-order valence-electron chi connectivity index (χ0n) is 6.14. The first-order valence-electron chi connectivity index (χ1n) is 1.02. The predicted molar refractivity (Wildman–Crippen MR) is 54.4 cm³/mol. The van der Waals surface area contributed by atoms with E-state index >= 15 is 0 Å². The fraction of sp³-hybridized carbons (Fsp3) is 0. The van der Waals surface area contributed by atoms with Crippen molar-refractivity contribution >= 4 is 37.7 Å².